The number of carbonyl (C=O) groups is 1. The molecule has 4 rings (SSSR count). The zero-order chi connectivity index (χ0) is 19.8. The minimum Gasteiger partial charge on any atom is -0.334 e. The van der Waals surface area contributed by atoms with E-state index >= 15 is 0 Å². The van der Waals surface area contributed by atoms with Gasteiger partial charge in [0.25, 0.3) is 5.91 Å². The summed E-state index contributed by atoms with van der Waals surface area (Å²) >= 11 is 1.57. The second-order valence-electron chi connectivity index (χ2n) is 7.00. The van der Waals surface area contributed by atoms with Crippen LogP contribution in [0, 0.1) is 6.92 Å². The van der Waals surface area contributed by atoms with Crippen molar-refractivity contribution in [1.29, 1.82) is 0 Å². The van der Waals surface area contributed by atoms with Crippen LogP contribution >= 0.6 is 11.8 Å². The number of hydrogen-bond donors (Lipinski definition) is 0. The van der Waals surface area contributed by atoms with Crippen LogP contribution in [0.25, 0.3) is 11.5 Å². The van der Waals surface area contributed by atoms with Crippen molar-refractivity contribution < 1.29 is 4.79 Å². The molecule has 1 aliphatic heterocycles. The van der Waals surface area contributed by atoms with Crippen molar-refractivity contribution in [3.8, 4) is 11.5 Å². The van der Waals surface area contributed by atoms with Crippen LogP contribution in [-0.4, -0.2) is 48.2 Å². The van der Waals surface area contributed by atoms with Gasteiger partial charge < -0.3 is 9.47 Å². The normalized spacial score (nSPS) is 13.6. The molecule has 0 aliphatic carbocycles. The molecule has 0 saturated carbocycles. The number of rotatable bonds is 4. The Morgan fingerprint density at radius 2 is 2.11 bits per heavy atom. The van der Waals surface area contributed by atoms with Crippen LogP contribution < -0.4 is 0 Å². The summed E-state index contributed by atoms with van der Waals surface area (Å²) in [6.45, 7) is 6.09. The molecule has 3 aromatic rings. The van der Waals surface area contributed by atoms with Crippen molar-refractivity contribution in [2.45, 2.75) is 38.5 Å². The van der Waals surface area contributed by atoms with E-state index in [-0.39, 0.29) is 5.91 Å². The van der Waals surface area contributed by atoms with Gasteiger partial charge in [0.15, 0.2) is 11.0 Å². The van der Waals surface area contributed by atoms with E-state index in [1.165, 1.54) is 5.69 Å². The molecule has 0 fully saturated rings. The van der Waals surface area contributed by atoms with Crippen LogP contribution in [0.1, 0.15) is 34.1 Å². The number of hydrogen-bond acceptors (Lipinski definition) is 5. The van der Waals surface area contributed by atoms with Crippen molar-refractivity contribution in [2.24, 2.45) is 7.05 Å². The Kier molecular flexibility index (Phi) is 4.97. The molecule has 0 saturated heterocycles. The highest BCUT2D eigenvalue weighted by Crippen LogP contribution is 2.31. The predicted octanol–water partition coefficient (Wildman–Crippen LogP) is 2.93. The molecule has 7 nitrogen and oxygen atoms in total. The number of benzene rings is 1. The molecule has 0 bridgehead atoms. The average Bonchev–Trinajstić information content (AvgIpc) is 3.27. The van der Waals surface area contributed by atoms with Gasteiger partial charge in [-0.3, -0.25) is 9.48 Å². The van der Waals surface area contributed by atoms with E-state index in [4.69, 9.17) is 5.10 Å². The topological polar surface area (TPSA) is 68.8 Å². The van der Waals surface area contributed by atoms with E-state index in [0.717, 1.165) is 46.3 Å². The molecule has 28 heavy (non-hydrogen) atoms. The number of nitrogens with zero attached hydrogens (tertiary/aromatic N) is 6. The first kappa shape index (κ1) is 18.7. The van der Waals surface area contributed by atoms with Gasteiger partial charge in [-0.15, -0.1) is 10.2 Å². The van der Waals surface area contributed by atoms with Crippen LogP contribution in [0.15, 0.2) is 29.4 Å². The molecule has 1 aliphatic rings. The summed E-state index contributed by atoms with van der Waals surface area (Å²) in [7, 11) is 1.96. The lowest BCUT2D eigenvalue weighted by atomic mass is 10.0. The molecule has 0 atom stereocenters. The highest BCUT2D eigenvalue weighted by Gasteiger charge is 2.30. The van der Waals surface area contributed by atoms with E-state index in [2.05, 4.69) is 21.7 Å². The Labute approximate surface area is 168 Å². The Morgan fingerprint density at radius 3 is 2.82 bits per heavy atom. The van der Waals surface area contributed by atoms with Gasteiger partial charge >= 0.3 is 0 Å². The quantitative estimate of drug-likeness (QED) is 0.634. The lowest BCUT2D eigenvalue weighted by Crippen LogP contribution is -2.36. The monoisotopic (exact) mass is 396 g/mol. The Hall–Kier alpha value is -2.61. The molecule has 0 unspecified atom stereocenters. The maximum atomic E-state index is 13.1. The van der Waals surface area contributed by atoms with Gasteiger partial charge in [0.1, 0.15) is 5.69 Å². The number of thioether (sulfide) groups is 1. The van der Waals surface area contributed by atoms with Gasteiger partial charge in [-0.2, -0.15) is 5.10 Å². The van der Waals surface area contributed by atoms with Crippen LogP contribution in [0.4, 0.5) is 0 Å². The van der Waals surface area contributed by atoms with E-state index in [1.54, 1.807) is 11.8 Å². The number of carbonyl (C=O) groups excluding carboxylic acids is 1. The fourth-order valence-electron chi connectivity index (χ4n) is 3.81. The summed E-state index contributed by atoms with van der Waals surface area (Å²) in [6, 6.07) is 7.76. The van der Waals surface area contributed by atoms with Crippen molar-refractivity contribution in [2.75, 3.05) is 12.8 Å². The highest BCUT2D eigenvalue weighted by molar-refractivity contribution is 7.98. The lowest BCUT2D eigenvalue weighted by molar-refractivity contribution is 0.0733. The molecule has 8 heteroatoms. The van der Waals surface area contributed by atoms with Crippen LogP contribution in [0.3, 0.4) is 0 Å². The lowest BCUT2D eigenvalue weighted by Gasteiger charge is -2.28. The first-order valence-corrected chi connectivity index (χ1v) is 10.6. The van der Waals surface area contributed by atoms with Crippen molar-refractivity contribution in [3.05, 3.63) is 46.6 Å². The highest BCUT2D eigenvalue weighted by atomic mass is 32.2. The molecule has 2 aromatic heterocycles. The minimum atomic E-state index is 0.0610. The maximum absolute atomic E-state index is 13.1. The second-order valence-corrected chi connectivity index (χ2v) is 7.77. The Balaban J connectivity index is 1.71. The van der Waals surface area contributed by atoms with E-state index in [0.29, 0.717) is 13.1 Å². The van der Waals surface area contributed by atoms with Crippen LogP contribution in [0.5, 0.6) is 0 Å². The zero-order valence-corrected chi connectivity index (χ0v) is 17.5. The number of fused-ring (bicyclic) bond motifs is 1. The molecule has 146 valence electrons. The smallest absolute Gasteiger partial charge is 0.254 e. The van der Waals surface area contributed by atoms with Crippen molar-refractivity contribution in [1.82, 2.24) is 29.4 Å². The number of aromatic nitrogens is 5. The fourth-order valence-corrected chi connectivity index (χ4v) is 4.36. The average molecular weight is 397 g/mol. The Morgan fingerprint density at radius 1 is 1.29 bits per heavy atom. The summed E-state index contributed by atoms with van der Waals surface area (Å²) in [5.74, 6) is 0.833. The predicted molar refractivity (Wildman–Crippen MR) is 109 cm³/mol. The van der Waals surface area contributed by atoms with Gasteiger partial charge in [0, 0.05) is 43.4 Å². The maximum Gasteiger partial charge on any atom is 0.254 e. The van der Waals surface area contributed by atoms with E-state index in [1.807, 2.05) is 54.1 Å². The summed E-state index contributed by atoms with van der Waals surface area (Å²) in [6.07, 6.45) is 2.78. The summed E-state index contributed by atoms with van der Waals surface area (Å²) in [4.78, 5) is 15.0. The zero-order valence-electron chi connectivity index (χ0n) is 16.6. The largest absolute Gasteiger partial charge is 0.334 e. The second kappa shape index (κ2) is 7.43. The first-order valence-electron chi connectivity index (χ1n) is 9.41. The third kappa shape index (κ3) is 3.11. The standard InChI is InChI=1S/C20H24N6OS/c1-5-26-18(21-22-20(26)28-4)17-15-12-25(10-9-16(15)24(3)23-17)19(27)14-8-6-7-13(2)11-14/h6-8,11H,5,9-10,12H2,1-4H3. The van der Waals surface area contributed by atoms with Crippen LogP contribution in [-0.2, 0) is 26.6 Å². The van der Waals surface area contributed by atoms with Gasteiger partial charge in [0.2, 0.25) is 0 Å². The molecular weight excluding hydrogens is 372 g/mol. The molecule has 1 amide bonds. The Bertz CT molecular complexity index is 1040. The molecule has 1 aromatic carbocycles. The molecule has 3 heterocycles. The van der Waals surface area contributed by atoms with Gasteiger partial charge in [-0.05, 0) is 32.2 Å². The number of amides is 1. The number of aryl methyl sites for hydroxylation is 2. The molecular formula is C20H24N6OS. The SMILES string of the molecule is CCn1c(SC)nnc1-c1nn(C)c2c1CN(C(=O)c1cccc(C)c1)CC2. The van der Waals surface area contributed by atoms with Crippen molar-refractivity contribution in [3.63, 3.8) is 0 Å². The third-order valence-electron chi connectivity index (χ3n) is 5.22. The van der Waals surface area contributed by atoms with E-state index in [9.17, 15) is 4.79 Å². The first-order chi connectivity index (χ1) is 13.5. The molecule has 0 N–H and O–H groups in total. The van der Waals surface area contributed by atoms with E-state index < -0.39 is 0 Å². The van der Waals surface area contributed by atoms with Gasteiger partial charge in [0.05, 0.1) is 6.54 Å². The third-order valence-corrected chi connectivity index (χ3v) is 5.89. The minimum absolute atomic E-state index is 0.0610. The summed E-state index contributed by atoms with van der Waals surface area (Å²) in [5, 5.41) is 14.3. The molecule has 0 radical (unpaired) electrons. The summed E-state index contributed by atoms with van der Waals surface area (Å²) < 4.78 is 4.00. The fraction of sp³-hybridized carbons (Fsp3) is 0.400. The van der Waals surface area contributed by atoms with Crippen LogP contribution in [0.2, 0.25) is 0 Å². The molecule has 0 spiro atoms. The van der Waals surface area contributed by atoms with Gasteiger partial charge in [-0.25, -0.2) is 0 Å². The van der Waals surface area contributed by atoms with Gasteiger partial charge in [-0.1, -0.05) is 29.5 Å². The summed E-state index contributed by atoms with van der Waals surface area (Å²) in [5.41, 5.74) is 4.89. The van der Waals surface area contributed by atoms with Crippen molar-refractivity contribution >= 4 is 17.7 Å².